The summed E-state index contributed by atoms with van der Waals surface area (Å²) in [5.74, 6) is 0.619. The molecule has 3 aromatic rings. The topological polar surface area (TPSA) is 98.8 Å². The van der Waals surface area contributed by atoms with E-state index in [1.165, 1.54) is 11.8 Å². The van der Waals surface area contributed by atoms with Gasteiger partial charge in [0.25, 0.3) is 5.91 Å². The first-order valence-electron chi connectivity index (χ1n) is 11.1. The van der Waals surface area contributed by atoms with Crippen molar-refractivity contribution in [1.29, 1.82) is 10.7 Å². The Balaban J connectivity index is 1.44. The molecule has 3 aromatic carbocycles. The van der Waals surface area contributed by atoms with E-state index in [1.54, 1.807) is 30.2 Å². The maximum absolute atomic E-state index is 12.9. The first-order valence-corrected chi connectivity index (χ1v) is 13.1. The molecule has 1 N–H and O–H groups in total. The summed E-state index contributed by atoms with van der Waals surface area (Å²) in [6.45, 7) is 0.207. The van der Waals surface area contributed by atoms with E-state index in [0.29, 0.717) is 27.8 Å². The zero-order valence-corrected chi connectivity index (χ0v) is 22.5. The van der Waals surface area contributed by atoms with E-state index in [0.717, 1.165) is 20.4 Å². The van der Waals surface area contributed by atoms with E-state index >= 15 is 0 Å². The molecule has 0 bridgehead atoms. The van der Waals surface area contributed by atoms with Crippen LogP contribution < -0.4 is 9.47 Å². The molecular weight excluding hydrogens is 599 g/mol. The lowest BCUT2D eigenvalue weighted by Crippen LogP contribution is -2.38. The molecule has 1 amide bonds. The Bertz CT molecular complexity index is 1560. The van der Waals surface area contributed by atoms with Crippen LogP contribution >= 0.6 is 34.4 Å². The van der Waals surface area contributed by atoms with Gasteiger partial charge < -0.3 is 9.47 Å². The monoisotopic (exact) mass is 618 g/mol. The van der Waals surface area contributed by atoms with Crippen LogP contribution in [0.25, 0.3) is 11.8 Å². The number of carbonyl (C=O) groups excluding carboxylic acids is 1. The Morgan fingerprint density at radius 2 is 1.92 bits per heavy atom. The summed E-state index contributed by atoms with van der Waals surface area (Å²) in [5, 5.41) is 20.6. The van der Waals surface area contributed by atoms with Crippen LogP contribution in [0.2, 0.25) is 0 Å². The van der Waals surface area contributed by atoms with Crippen LogP contribution in [0.15, 0.2) is 82.7 Å². The van der Waals surface area contributed by atoms with Gasteiger partial charge in [0.2, 0.25) is 0 Å². The number of hydrogen-bond donors (Lipinski definition) is 1. The predicted octanol–water partition coefficient (Wildman–Crippen LogP) is 6.05. The number of ether oxygens (including phenoxy) is 2. The van der Waals surface area contributed by atoms with Gasteiger partial charge in [0.1, 0.15) is 12.4 Å². The van der Waals surface area contributed by atoms with Gasteiger partial charge in [-0.05, 0) is 58.0 Å². The standard InChI is InChI=1S/C28H19IN4O3S/c1-35-24-13-17(12-22(29)25(24)36-15-20-10-6-5-9-19(20)14-30)11-21-26(31)33-23(18-7-3-2-4-8-18)16-37-28(33)32-27(21)34/h2-13,16,31H,15H2,1H3. The van der Waals surface area contributed by atoms with Gasteiger partial charge in [-0.15, -0.1) is 0 Å². The molecule has 2 heterocycles. The van der Waals surface area contributed by atoms with E-state index in [9.17, 15) is 10.1 Å². The van der Waals surface area contributed by atoms with E-state index < -0.39 is 5.91 Å². The summed E-state index contributed by atoms with van der Waals surface area (Å²) in [6.07, 6.45) is 1.65. The summed E-state index contributed by atoms with van der Waals surface area (Å²) in [5.41, 5.74) is 3.93. The predicted molar refractivity (Wildman–Crippen MR) is 153 cm³/mol. The van der Waals surface area contributed by atoms with Gasteiger partial charge in [-0.25, -0.2) is 0 Å². The molecule has 5 rings (SSSR count). The Morgan fingerprint density at radius 3 is 2.68 bits per heavy atom. The Morgan fingerprint density at radius 1 is 1.16 bits per heavy atom. The molecule has 182 valence electrons. The zero-order valence-electron chi connectivity index (χ0n) is 19.6. The number of benzene rings is 3. The molecular formula is C28H19IN4O3S. The SMILES string of the molecule is COc1cc(C=C2C(=N)N3C(c4ccccc4)=CSC3=NC2=O)cc(I)c1OCc1ccccc1C#N. The number of amides is 1. The van der Waals surface area contributed by atoms with Crippen molar-refractivity contribution in [2.75, 3.05) is 7.11 Å². The lowest BCUT2D eigenvalue weighted by molar-refractivity contribution is -0.114. The normalized spacial score (nSPS) is 15.7. The molecule has 0 radical (unpaired) electrons. The molecule has 2 aliphatic rings. The van der Waals surface area contributed by atoms with Gasteiger partial charge in [0.05, 0.1) is 33.6 Å². The van der Waals surface area contributed by atoms with Crippen molar-refractivity contribution in [3.63, 3.8) is 0 Å². The number of nitriles is 1. The number of aliphatic imine (C=N–C) groups is 1. The lowest BCUT2D eigenvalue weighted by Gasteiger charge is -2.27. The molecule has 37 heavy (non-hydrogen) atoms. The lowest BCUT2D eigenvalue weighted by atomic mass is 10.1. The van der Waals surface area contributed by atoms with Crippen LogP contribution in [0.3, 0.4) is 0 Å². The highest BCUT2D eigenvalue weighted by Crippen LogP contribution is 2.39. The summed E-state index contributed by atoms with van der Waals surface area (Å²) < 4.78 is 12.4. The Kier molecular flexibility index (Phi) is 7.12. The molecule has 0 spiro atoms. The maximum Gasteiger partial charge on any atom is 0.283 e. The van der Waals surface area contributed by atoms with E-state index in [2.05, 4.69) is 33.7 Å². The number of amidine groups is 2. The Hall–Kier alpha value is -3.88. The summed E-state index contributed by atoms with van der Waals surface area (Å²) in [4.78, 5) is 18.8. The second kappa shape index (κ2) is 10.6. The van der Waals surface area contributed by atoms with Crippen molar-refractivity contribution in [1.82, 2.24) is 4.90 Å². The van der Waals surface area contributed by atoms with Gasteiger partial charge in [0.15, 0.2) is 16.7 Å². The van der Waals surface area contributed by atoms with Gasteiger partial charge >= 0.3 is 0 Å². The summed E-state index contributed by atoms with van der Waals surface area (Å²) >= 11 is 3.48. The summed E-state index contributed by atoms with van der Waals surface area (Å²) in [7, 11) is 1.54. The minimum Gasteiger partial charge on any atom is -0.493 e. The average Bonchev–Trinajstić information content (AvgIpc) is 3.34. The van der Waals surface area contributed by atoms with Gasteiger partial charge in [-0.1, -0.05) is 60.3 Å². The van der Waals surface area contributed by atoms with Crippen molar-refractivity contribution in [2.24, 2.45) is 4.99 Å². The smallest absolute Gasteiger partial charge is 0.283 e. The number of hydrogen-bond acceptors (Lipinski definition) is 6. The number of rotatable bonds is 6. The molecule has 0 aliphatic carbocycles. The van der Waals surface area contributed by atoms with Gasteiger partial charge in [-0.2, -0.15) is 10.3 Å². The highest BCUT2D eigenvalue weighted by molar-refractivity contribution is 14.1. The molecule has 0 saturated heterocycles. The third-order valence-corrected chi connectivity index (χ3v) is 7.38. The number of fused-ring (bicyclic) bond motifs is 1. The van der Waals surface area contributed by atoms with Crippen molar-refractivity contribution < 1.29 is 14.3 Å². The van der Waals surface area contributed by atoms with Crippen LogP contribution in [0.5, 0.6) is 11.5 Å². The van der Waals surface area contributed by atoms with E-state index in [1.807, 2.05) is 60.0 Å². The molecule has 0 fully saturated rings. The van der Waals surface area contributed by atoms with E-state index in [-0.39, 0.29) is 18.0 Å². The third-order valence-electron chi connectivity index (χ3n) is 5.76. The van der Waals surface area contributed by atoms with Crippen LogP contribution in [0, 0.1) is 20.3 Å². The number of methoxy groups -OCH3 is 1. The maximum atomic E-state index is 12.9. The van der Waals surface area contributed by atoms with Crippen molar-refractivity contribution in [3.05, 3.63) is 104 Å². The molecule has 0 unspecified atom stereocenters. The largest absolute Gasteiger partial charge is 0.493 e. The second-order valence-electron chi connectivity index (χ2n) is 8.02. The average molecular weight is 618 g/mol. The number of carbonyl (C=O) groups is 1. The van der Waals surface area contributed by atoms with Crippen molar-refractivity contribution in [2.45, 2.75) is 6.61 Å². The molecule has 7 nitrogen and oxygen atoms in total. The molecule has 0 saturated carbocycles. The molecule has 9 heteroatoms. The molecule has 2 aliphatic heterocycles. The summed E-state index contributed by atoms with van der Waals surface area (Å²) in [6, 6.07) is 22.8. The first-order chi connectivity index (χ1) is 18.0. The fourth-order valence-corrected chi connectivity index (χ4v) is 5.62. The fourth-order valence-electron chi connectivity index (χ4n) is 3.95. The zero-order chi connectivity index (χ0) is 25.9. The minimum absolute atomic E-state index is 0.0671. The van der Waals surface area contributed by atoms with Crippen LogP contribution in [0.4, 0.5) is 0 Å². The van der Waals surface area contributed by atoms with Crippen LogP contribution in [-0.2, 0) is 11.4 Å². The Labute approximate surface area is 231 Å². The van der Waals surface area contributed by atoms with E-state index in [4.69, 9.17) is 14.9 Å². The number of nitrogens with zero attached hydrogens (tertiary/aromatic N) is 3. The first kappa shape index (κ1) is 24.8. The quantitative estimate of drug-likeness (QED) is 0.267. The molecule has 0 atom stereocenters. The highest BCUT2D eigenvalue weighted by atomic mass is 127. The second-order valence-corrected chi connectivity index (χ2v) is 10.0. The van der Waals surface area contributed by atoms with Crippen LogP contribution in [-0.4, -0.2) is 28.9 Å². The van der Waals surface area contributed by atoms with Crippen LogP contribution in [0.1, 0.15) is 22.3 Å². The third kappa shape index (κ3) is 4.90. The van der Waals surface area contributed by atoms with Gasteiger partial charge in [0, 0.05) is 11.0 Å². The van der Waals surface area contributed by atoms with Gasteiger partial charge in [-0.3, -0.25) is 15.1 Å². The van der Waals surface area contributed by atoms with Crippen molar-refractivity contribution in [3.8, 4) is 17.6 Å². The fraction of sp³-hybridized carbons (Fsp3) is 0.0714. The highest BCUT2D eigenvalue weighted by Gasteiger charge is 2.36. The minimum atomic E-state index is -0.464. The number of thioether (sulfide) groups is 1. The van der Waals surface area contributed by atoms with Crippen molar-refractivity contribution >= 4 is 63.0 Å². The molecule has 0 aromatic heterocycles. The number of nitrogens with one attached hydrogen (secondary N) is 1. The number of halogens is 1.